The van der Waals surface area contributed by atoms with E-state index in [0.717, 1.165) is 60.8 Å². The van der Waals surface area contributed by atoms with Gasteiger partial charge in [0.25, 0.3) is 0 Å². The highest BCUT2D eigenvalue weighted by molar-refractivity contribution is 6.60. The van der Waals surface area contributed by atoms with Crippen LogP contribution in [-0.4, -0.2) is 65.6 Å². The van der Waals surface area contributed by atoms with Crippen molar-refractivity contribution in [3.8, 4) is 5.75 Å². The maximum atomic E-state index is 12.1. The van der Waals surface area contributed by atoms with E-state index in [4.69, 9.17) is 22.8 Å². The largest absolute Gasteiger partial charge is 0.500 e. The Balaban J connectivity index is 1.65. The van der Waals surface area contributed by atoms with Crippen LogP contribution < -0.4 is 10.1 Å². The molecule has 0 aromatic heterocycles. The van der Waals surface area contributed by atoms with Crippen molar-refractivity contribution in [1.29, 1.82) is 0 Å². The molecule has 0 spiro atoms. The van der Waals surface area contributed by atoms with E-state index in [1.165, 1.54) is 57.8 Å². The molecule has 0 unspecified atom stereocenters. The van der Waals surface area contributed by atoms with Crippen LogP contribution in [-0.2, 0) is 22.8 Å². The highest BCUT2D eigenvalue weighted by atomic mass is 28.4. The summed E-state index contributed by atoms with van der Waals surface area (Å²) in [6, 6.07) is 12.8. The molecule has 0 heterocycles. The van der Waals surface area contributed by atoms with Gasteiger partial charge in [-0.05, 0) is 93.5 Å². The number of benzene rings is 2. The molecule has 2 aromatic rings. The van der Waals surface area contributed by atoms with Crippen LogP contribution in [0, 0.1) is 0 Å². The Morgan fingerprint density at radius 2 is 1.25 bits per heavy atom. The van der Waals surface area contributed by atoms with Crippen LogP contribution in [0.3, 0.4) is 0 Å². The Labute approximate surface area is 309 Å². The van der Waals surface area contributed by atoms with E-state index in [1.807, 2.05) is 51.1 Å². The van der Waals surface area contributed by atoms with Gasteiger partial charge >= 0.3 is 20.9 Å². The summed E-state index contributed by atoms with van der Waals surface area (Å²) in [5.74, 6) is -0.0185. The van der Waals surface area contributed by atoms with Crippen molar-refractivity contribution < 1.29 is 37.4 Å². The molecule has 0 aliphatic heterocycles. The number of hydrogen-bond donors (Lipinski definition) is 2. The van der Waals surface area contributed by atoms with E-state index in [0.29, 0.717) is 57.4 Å². The highest BCUT2D eigenvalue weighted by Gasteiger charge is 2.39. The van der Waals surface area contributed by atoms with Gasteiger partial charge in [0.15, 0.2) is 0 Å². The number of alkyl carbamates (subject to hydrolysis) is 1. The van der Waals surface area contributed by atoms with E-state index in [2.05, 4.69) is 18.3 Å². The Hall–Kier alpha value is -2.92. The van der Waals surface area contributed by atoms with E-state index in [9.17, 15) is 14.7 Å². The lowest BCUT2D eigenvalue weighted by Crippen LogP contribution is -2.46. The predicted octanol–water partition coefficient (Wildman–Crippen LogP) is 10.7. The normalized spacial score (nSPS) is 12.0. The molecule has 0 atom stereocenters. The molecule has 2 N–H and O–H groups in total. The van der Waals surface area contributed by atoms with Gasteiger partial charge in [-0.25, -0.2) is 9.59 Å². The molecule has 0 bridgehead atoms. The molecule has 9 nitrogen and oxygen atoms in total. The number of ether oxygens (including phenoxy) is 2. The van der Waals surface area contributed by atoms with Crippen LogP contribution >= 0.6 is 0 Å². The second-order valence-corrected chi connectivity index (χ2v) is 15.8. The van der Waals surface area contributed by atoms with Gasteiger partial charge < -0.3 is 33.2 Å². The fraction of sp³-hybridized carbons (Fsp3) is 0.659. The summed E-state index contributed by atoms with van der Waals surface area (Å²) in [5.41, 5.74) is 1.27. The number of carboxylic acids is 1. The second-order valence-electron chi connectivity index (χ2n) is 13.1. The Morgan fingerprint density at radius 3 is 1.88 bits per heavy atom. The molecule has 0 radical (unpaired) electrons. The van der Waals surface area contributed by atoms with Crippen LogP contribution in [0.25, 0.3) is 16.8 Å². The highest BCUT2D eigenvalue weighted by Crippen LogP contribution is 2.25. The molecule has 0 saturated heterocycles. The van der Waals surface area contributed by atoms with E-state index >= 15 is 0 Å². The number of aliphatic carboxylic acids is 1. The lowest BCUT2D eigenvalue weighted by atomic mass is 10.0. The summed E-state index contributed by atoms with van der Waals surface area (Å²) >= 11 is 0. The van der Waals surface area contributed by atoms with Crippen molar-refractivity contribution >= 4 is 37.7 Å². The van der Waals surface area contributed by atoms with Gasteiger partial charge in [0.2, 0.25) is 0 Å². The zero-order valence-electron chi connectivity index (χ0n) is 32.1. The molecule has 10 heteroatoms. The number of carboxylic acid groups (broad SMARTS) is 1. The number of carbonyl (C=O) groups is 2. The van der Waals surface area contributed by atoms with Gasteiger partial charge in [-0.15, -0.1) is 0 Å². The van der Waals surface area contributed by atoms with Crippen molar-refractivity contribution in [3.05, 3.63) is 47.5 Å². The van der Waals surface area contributed by atoms with Crippen LogP contribution in [0.5, 0.6) is 5.75 Å². The quantitative estimate of drug-likeness (QED) is 0.0448. The van der Waals surface area contributed by atoms with Crippen molar-refractivity contribution in [2.45, 2.75) is 136 Å². The molecule has 0 saturated carbocycles. The first-order chi connectivity index (χ1) is 24.9. The fourth-order valence-corrected chi connectivity index (χ4v) is 8.74. The minimum Gasteiger partial charge on any atom is -0.494 e. The zero-order valence-corrected chi connectivity index (χ0v) is 33.1. The topological polar surface area (TPSA) is 113 Å². The lowest BCUT2D eigenvalue weighted by molar-refractivity contribution is -0.132. The molecule has 2 rings (SSSR count). The number of nitrogens with one attached hydrogen (secondary N) is 1. The summed E-state index contributed by atoms with van der Waals surface area (Å²) in [6.45, 7) is 11.1. The van der Waals surface area contributed by atoms with Gasteiger partial charge in [0, 0.05) is 38.0 Å². The first-order valence-electron chi connectivity index (χ1n) is 19.8. The standard InChI is InChI=1S/C41H67NO8Si/c1-5-9-10-11-12-13-14-15-17-20-29-46-39-27-26-36-32-35(24-25-37(36)34-39)33-38(40(43)44)23-19-16-18-21-30-47-41(45)42-28-22-31-51(48-6-2,49-7-3)50-8-4/h24-27,32-34H,5-23,28-31H2,1-4H3,(H,42,45)(H,43,44)/b38-33+. The lowest BCUT2D eigenvalue weighted by Gasteiger charge is -2.28. The van der Waals surface area contributed by atoms with Crippen LogP contribution in [0.2, 0.25) is 6.04 Å². The van der Waals surface area contributed by atoms with Gasteiger partial charge in [-0.2, -0.15) is 0 Å². The smallest absolute Gasteiger partial charge is 0.494 e. The van der Waals surface area contributed by atoms with Gasteiger partial charge in [-0.1, -0.05) is 95.8 Å². The van der Waals surface area contributed by atoms with Crippen LogP contribution in [0.15, 0.2) is 42.0 Å². The molecule has 0 aliphatic rings. The molecule has 0 aliphatic carbocycles. The Bertz CT molecular complexity index is 1250. The Morgan fingerprint density at radius 1 is 0.686 bits per heavy atom. The van der Waals surface area contributed by atoms with Crippen molar-refractivity contribution in [3.63, 3.8) is 0 Å². The average Bonchev–Trinajstić information content (AvgIpc) is 3.11. The number of unbranched alkanes of at least 4 members (excludes halogenated alkanes) is 12. The number of fused-ring (bicyclic) bond motifs is 1. The molecule has 51 heavy (non-hydrogen) atoms. The number of amides is 1. The zero-order chi connectivity index (χ0) is 37.0. The number of rotatable bonds is 31. The van der Waals surface area contributed by atoms with Crippen molar-refractivity contribution in [1.82, 2.24) is 5.32 Å². The summed E-state index contributed by atoms with van der Waals surface area (Å²) in [5, 5.41) is 14.8. The van der Waals surface area contributed by atoms with Crippen LogP contribution in [0.1, 0.15) is 136 Å². The third-order valence-electron chi connectivity index (χ3n) is 8.81. The first-order valence-corrected chi connectivity index (χ1v) is 21.7. The second kappa shape index (κ2) is 27.7. The molecular weight excluding hydrogens is 663 g/mol. The van der Waals surface area contributed by atoms with Gasteiger partial charge in [0.1, 0.15) is 5.75 Å². The minimum atomic E-state index is -2.71. The van der Waals surface area contributed by atoms with Gasteiger partial charge in [-0.3, -0.25) is 0 Å². The molecule has 1 amide bonds. The summed E-state index contributed by atoms with van der Waals surface area (Å²) < 4.78 is 28.9. The van der Waals surface area contributed by atoms with E-state index < -0.39 is 20.9 Å². The molecule has 2 aromatic carbocycles. The maximum absolute atomic E-state index is 12.1. The van der Waals surface area contributed by atoms with Crippen LogP contribution in [0.4, 0.5) is 4.79 Å². The fourth-order valence-electron chi connectivity index (χ4n) is 6.13. The number of hydrogen-bond acceptors (Lipinski definition) is 7. The monoisotopic (exact) mass is 729 g/mol. The average molecular weight is 730 g/mol. The third-order valence-corrected chi connectivity index (χ3v) is 12.0. The van der Waals surface area contributed by atoms with Crippen molar-refractivity contribution in [2.75, 3.05) is 39.6 Å². The molecular formula is C41H67NO8Si. The Kier molecular flexibility index (Phi) is 24.0. The molecule has 288 valence electrons. The van der Waals surface area contributed by atoms with Crippen molar-refractivity contribution in [2.24, 2.45) is 0 Å². The van der Waals surface area contributed by atoms with E-state index in [-0.39, 0.29) is 0 Å². The summed E-state index contributed by atoms with van der Waals surface area (Å²) in [4.78, 5) is 24.1. The number of carbonyl (C=O) groups excluding carboxylic acids is 1. The maximum Gasteiger partial charge on any atom is 0.500 e. The minimum absolute atomic E-state index is 0.326. The third kappa shape index (κ3) is 19.5. The first kappa shape index (κ1) is 44.2. The van der Waals surface area contributed by atoms with E-state index in [1.54, 1.807) is 6.08 Å². The predicted molar refractivity (Wildman–Crippen MR) is 209 cm³/mol. The summed E-state index contributed by atoms with van der Waals surface area (Å²) in [6.07, 6.45) is 18.7. The molecule has 0 fully saturated rings. The summed E-state index contributed by atoms with van der Waals surface area (Å²) in [7, 11) is -2.71. The SMILES string of the molecule is CCCCCCCCCCCCOc1ccc2cc(/C=C(\CCCCCCOC(=O)NCCC[Si](OCC)(OCC)OCC)C(=O)O)ccc2c1. The van der Waals surface area contributed by atoms with Gasteiger partial charge in [0.05, 0.1) is 13.2 Å².